The minimum atomic E-state index is -0.200. The minimum Gasteiger partial charge on any atom is -0.474 e. The molecular weight excluding hydrogens is 266 g/mol. The van der Waals surface area contributed by atoms with Crippen molar-refractivity contribution in [3.8, 4) is 0 Å². The highest BCUT2D eigenvalue weighted by atomic mass is 32.1. The molecule has 0 atom stereocenters. The summed E-state index contributed by atoms with van der Waals surface area (Å²) in [6, 6.07) is 0. The highest BCUT2D eigenvalue weighted by Crippen LogP contribution is 2.04. The Bertz CT molecular complexity index is 294. The van der Waals surface area contributed by atoms with E-state index in [0.717, 1.165) is 45.7 Å². The van der Waals surface area contributed by atoms with Gasteiger partial charge in [0.05, 0.1) is 13.7 Å². The molecule has 7 heteroatoms. The smallest absolute Gasteiger partial charge is 0.409 e. The number of thiocarbonyl (C=S) groups is 1. The van der Waals surface area contributed by atoms with Crippen LogP contribution in [-0.4, -0.2) is 74.1 Å². The molecule has 0 unspecified atom stereocenters. The van der Waals surface area contributed by atoms with E-state index in [1.807, 2.05) is 6.92 Å². The van der Waals surface area contributed by atoms with Gasteiger partial charge in [-0.25, -0.2) is 4.79 Å². The second-order valence-corrected chi connectivity index (χ2v) is 4.67. The Morgan fingerprint density at radius 3 is 2.58 bits per heavy atom. The van der Waals surface area contributed by atoms with E-state index in [4.69, 9.17) is 21.7 Å². The zero-order valence-corrected chi connectivity index (χ0v) is 12.5. The van der Waals surface area contributed by atoms with Crippen LogP contribution in [0.4, 0.5) is 4.79 Å². The van der Waals surface area contributed by atoms with Crippen molar-refractivity contribution < 1.29 is 14.3 Å². The summed E-state index contributed by atoms with van der Waals surface area (Å²) >= 11 is 4.89. The fraction of sp³-hybridized carbons (Fsp3) is 0.833. The third kappa shape index (κ3) is 6.07. The molecule has 0 aromatic rings. The molecule has 6 nitrogen and oxygen atoms in total. The van der Waals surface area contributed by atoms with Crippen molar-refractivity contribution in [1.29, 1.82) is 0 Å². The van der Waals surface area contributed by atoms with E-state index in [1.165, 1.54) is 0 Å². The fourth-order valence-electron chi connectivity index (χ4n) is 1.93. The first-order chi connectivity index (χ1) is 9.17. The van der Waals surface area contributed by atoms with Gasteiger partial charge in [0.1, 0.15) is 0 Å². The number of nitrogens with zero attached hydrogens (tertiary/aromatic N) is 2. The summed E-state index contributed by atoms with van der Waals surface area (Å²) in [5, 5.41) is 3.45. The average Bonchev–Trinajstić information content (AvgIpc) is 2.44. The molecule has 110 valence electrons. The van der Waals surface area contributed by atoms with Gasteiger partial charge >= 0.3 is 6.09 Å². The van der Waals surface area contributed by atoms with Crippen molar-refractivity contribution in [2.24, 2.45) is 0 Å². The molecule has 0 saturated carbocycles. The van der Waals surface area contributed by atoms with Crippen molar-refractivity contribution >= 4 is 23.5 Å². The Labute approximate surface area is 120 Å². The maximum Gasteiger partial charge on any atom is 0.409 e. The van der Waals surface area contributed by atoms with Crippen molar-refractivity contribution in [3.05, 3.63) is 0 Å². The van der Waals surface area contributed by atoms with Crippen molar-refractivity contribution in [2.45, 2.75) is 13.3 Å². The van der Waals surface area contributed by atoms with E-state index < -0.39 is 0 Å². The molecule has 0 aromatic carbocycles. The number of ether oxygens (including phenoxy) is 2. The van der Waals surface area contributed by atoms with Crippen molar-refractivity contribution in [2.75, 3.05) is 53.0 Å². The summed E-state index contributed by atoms with van der Waals surface area (Å²) in [5.41, 5.74) is 0. The Kier molecular flexibility index (Phi) is 7.50. The number of hydrogen-bond acceptors (Lipinski definition) is 5. The van der Waals surface area contributed by atoms with Gasteiger partial charge in [0, 0.05) is 32.7 Å². The first-order valence-corrected chi connectivity index (χ1v) is 7.04. The van der Waals surface area contributed by atoms with Crippen molar-refractivity contribution in [1.82, 2.24) is 15.1 Å². The standard InChI is InChI=1S/C12H23N3O3S/c1-3-18-12(16)15-9-7-14(8-10-15)6-4-5-13-11(19)17-2/h3-10H2,1-2H3,(H,13,19). The summed E-state index contributed by atoms with van der Waals surface area (Å²) in [4.78, 5) is 15.6. The molecule has 1 fully saturated rings. The Balaban J connectivity index is 2.10. The first kappa shape index (κ1) is 16.0. The molecule has 1 saturated heterocycles. The number of methoxy groups -OCH3 is 1. The summed E-state index contributed by atoms with van der Waals surface area (Å²) < 4.78 is 9.84. The fourth-order valence-corrected chi connectivity index (χ4v) is 2.04. The topological polar surface area (TPSA) is 54.0 Å². The SMILES string of the molecule is CCOC(=O)N1CCN(CCCNC(=S)OC)CC1. The highest BCUT2D eigenvalue weighted by Gasteiger charge is 2.21. The van der Waals surface area contributed by atoms with Crippen LogP contribution < -0.4 is 5.32 Å². The van der Waals surface area contributed by atoms with E-state index in [1.54, 1.807) is 12.0 Å². The molecule has 1 amide bonds. The van der Waals surface area contributed by atoms with Gasteiger partial charge in [0.15, 0.2) is 0 Å². The normalized spacial score (nSPS) is 16.0. The van der Waals surface area contributed by atoms with Crippen LogP contribution in [0, 0.1) is 0 Å². The van der Waals surface area contributed by atoms with Crippen LogP contribution >= 0.6 is 12.2 Å². The molecule has 1 aliphatic heterocycles. The third-order valence-electron chi connectivity index (χ3n) is 3.00. The number of carbonyl (C=O) groups is 1. The van der Waals surface area contributed by atoms with Crippen molar-refractivity contribution in [3.63, 3.8) is 0 Å². The van der Waals surface area contributed by atoms with E-state index in [0.29, 0.717) is 11.8 Å². The summed E-state index contributed by atoms with van der Waals surface area (Å²) in [6.45, 7) is 7.34. The Hall–Kier alpha value is -1.08. The van der Waals surface area contributed by atoms with Gasteiger partial charge in [-0.2, -0.15) is 0 Å². The van der Waals surface area contributed by atoms with Crippen LogP contribution in [-0.2, 0) is 9.47 Å². The number of nitrogens with one attached hydrogen (secondary N) is 1. The molecule has 1 N–H and O–H groups in total. The molecule has 1 aliphatic rings. The zero-order chi connectivity index (χ0) is 14.1. The monoisotopic (exact) mass is 289 g/mol. The molecule has 1 heterocycles. The molecular formula is C12H23N3O3S. The lowest BCUT2D eigenvalue weighted by atomic mass is 10.3. The lowest BCUT2D eigenvalue weighted by molar-refractivity contribution is 0.0794. The van der Waals surface area contributed by atoms with E-state index >= 15 is 0 Å². The van der Waals surface area contributed by atoms with Crippen LogP contribution in [0.2, 0.25) is 0 Å². The van der Waals surface area contributed by atoms with Gasteiger partial charge < -0.3 is 19.7 Å². The summed E-state index contributed by atoms with van der Waals surface area (Å²) in [7, 11) is 1.56. The van der Waals surface area contributed by atoms with Crippen LogP contribution in [0.3, 0.4) is 0 Å². The molecule has 0 aliphatic carbocycles. The Morgan fingerprint density at radius 2 is 2.00 bits per heavy atom. The molecule has 19 heavy (non-hydrogen) atoms. The Morgan fingerprint density at radius 1 is 1.32 bits per heavy atom. The van der Waals surface area contributed by atoms with Crippen LogP contribution in [0.25, 0.3) is 0 Å². The van der Waals surface area contributed by atoms with Gasteiger partial charge in [-0.3, -0.25) is 4.90 Å². The zero-order valence-electron chi connectivity index (χ0n) is 11.7. The quantitative estimate of drug-likeness (QED) is 0.593. The maximum atomic E-state index is 11.5. The van der Waals surface area contributed by atoms with Gasteiger partial charge in [-0.05, 0) is 32.1 Å². The van der Waals surface area contributed by atoms with Crippen LogP contribution in [0.1, 0.15) is 13.3 Å². The second-order valence-electron chi connectivity index (χ2n) is 4.30. The average molecular weight is 289 g/mol. The van der Waals surface area contributed by atoms with E-state index in [2.05, 4.69) is 10.2 Å². The second kappa shape index (κ2) is 8.92. The summed E-state index contributed by atoms with van der Waals surface area (Å²) in [5.74, 6) is 0. The molecule has 0 radical (unpaired) electrons. The minimum absolute atomic E-state index is 0.200. The third-order valence-corrected chi connectivity index (χ3v) is 3.32. The van der Waals surface area contributed by atoms with Crippen LogP contribution in [0.15, 0.2) is 0 Å². The number of hydrogen-bond donors (Lipinski definition) is 1. The predicted molar refractivity (Wildman–Crippen MR) is 77.3 cm³/mol. The van der Waals surface area contributed by atoms with Crippen LogP contribution in [0.5, 0.6) is 0 Å². The largest absolute Gasteiger partial charge is 0.474 e. The highest BCUT2D eigenvalue weighted by molar-refractivity contribution is 7.80. The van der Waals surface area contributed by atoms with Gasteiger partial charge in [-0.1, -0.05) is 0 Å². The number of piperazine rings is 1. The number of amides is 1. The van der Waals surface area contributed by atoms with Gasteiger partial charge in [0.25, 0.3) is 5.17 Å². The molecule has 0 aromatic heterocycles. The predicted octanol–water partition coefficient (Wildman–Crippen LogP) is 0.671. The molecule has 0 bridgehead atoms. The summed E-state index contributed by atoms with van der Waals surface area (Å²) in [6.07, 6.45) is 0.803. The number of rotatable bonds is 5. The van der Waals surface area contributed by atoms with E-state index in [9.17, 15) is 4.79 Å². The lowest BCUT2D eigenvalue weighted by Gasteiger charge is -2.33. The molecule has 1 rings (SSSR count). The van der Waals surface area contributed by atoms with Gasteiger partial charge in [-0.15, -0.1) is 0 Å². The van der Waals surface area contributed by atoms with E-state index in [-0.39, 0.29) is 6.09 Å². The number of carbonyl (C=O) groups excluding carboxylic acids is 1. The van der Waals surface area contributed by atoms with Gasteiger partial charge in [0.2, 0.25) is 0 Å². The molecule has 0 spiro atoms. The first-order valence-electron chi connectivity index (χ1n) is 6.63. The lowest BCUT2D eigenvalue weighted by Crippen LogP contribution is -2.49. The maximum absolute atomic E-state index is 11.5.